The zero-order valence-corrected chi connectivity index (χ0v) is 17.8. The molecule has 1 aromatic carbocycles. The number of benzene rings is 1. The molecule has 0 saturated heterocycles. The van der Waals surface area contributed by atoms with E-state index in [1.54, 1.807) is 30.0 Å². The van der Waals surface area contributed by atoms with Crippen molar-refractivity contribution in [2.75, 3.05) is 30.7 Å². The third kappa shape index (κ3) is 9.18. The molecule has 6 heteroatoms. The number of nitrogens with one attached hydrogen (secondary N) is 1. The van der Waals surface area contributed by atoms with Crippen LogP contribution in [0.2, 0.25) is 10.0 Å². The Morgan fingerprint density at radius 2 is 1.76 bits per heavy atom. The van der Waals surface area contributed by atoms with E-state index in [2.05, 4.69) is 24.1 Å². The van der Waals surface area contributed by atoms with Gasteiger partial charge < -0.3 is 10.2 Å². The van der Waals surface area contributed by atoms with Crippen molar-refractivity contribution in [1.29, 1.82) is 0 Å². The first kappa shape index (κ1) is 22.6. The summed E-state index contributed by atoms with van der Waals surface area (Å²) in [4.78, 5) is 14.8. The summed E-state index contributed by atoms with van der Waals surface area (Å²) in [6.45, 7) is 9.74. The van der Waals surface area contributed by atoms with Crippen molar-refractivity contribution < 1.29 is 4.79 Å². The molecule has 0 aliphatic carbocycles. The number of unbranched alkanes of at least 4 members (excludes halogenated alkanes) is 2. The standard InChI is InChI=1S/C19H30Cl2N2OS/c1-4-6-10-23(11-7-5-2)12-13-25-15(3)19(24)22-16-8-9-17(20)18(21)14-16/h8-9,14-15H,4-7,10-13H2,1-3H3,(H,22,24). The predicted octanol–water partition coefficient (Wildman–Crippen LogP) is 5.96. The molecule has 3 nitrogen and oxygen atoms in total. The van der Waals surface area contributed by atoms with Crippen molar-refractivity contribution in [2.45, 2.75) is 51.7 Å². The summed E-state index contributed by atoms with van der Waals surface area (Å²) in [5.74, 6) is 0.959. The van der Waals surface area contributed by atoms with Crippen LogP contribution in [0.4, 0.5) is 5.69 Å². The van der Waals surface area contributed by atoms with Crippen molar-refractivity contribution in [3.63, 3.8) is 0 Å². The van der Waals surface area contributed by atoms with Gasteiger partial charge in [-0.1, -0.05) is 49.9 Å². The third-order valence-electron chi connectivity index (χ3n) is 3.99. The molecule has 0 heterocycles. The van der Waals surface area contributed by atoms with Gasteiger partial charge >= 0.3 is 0 Å². The lowest BCUT2D eigenvalue weighted by molar-refractivity contribution is -0.115. The van der Waals surface area contributed by atoms with E-state index in [-0.39, 0.29) is 11.2 Å². The molecule has 0 saturated carbocycles. The smallest absolute Gasteiger partial charge is 0.237 e. The summed E-state index contributed by atoms with van der Waals surface area (Å²) in [5, 5.41) is 3.73. The van der Waals surface area contributed by atoms with Crippen LogP contribution < -0.4 is 5.32 Å². The number of carbonyl (C=O) groups excluding carboxylic acids is 1. The largest absolute Gasteiger partial charge is 0.325 e. The Balaban J connectivity index is 2.39. The SMILES string of the molecule is CCCCN(CCCC)CCSC(C)C(=O)Nc1ccc(Cl)c(Cl)c1. The number of thioether (sulfide) groups is 1. The lowest BCUT2D eigenvalue weighted by Gasteiger charge is -2.22. The number of halogens is 2. The van der Waals surface area contributed by atoms with Gasteiger partial charge in [0.15, 0.2) is 0 Å². The Morgan fingerprint density at radius 3 is 2.32 bits per heavy atom. The fraction of sp³-hybridized carbons (Fsp3) is 0.632. The zero-order valence-electron chi connectivity index (χ0n) is 15.5. The number of rotatable bonds is 12. The van der Waals surface area contributed by atoms with Gasteiger partial charge in [0.2, 0.25) is 5.91 Å². The van der Waals surface area contributed by atoms with Crippen LogP contribution in [0.1, 0.15) is 46.5 Å². The van der Waals surface area contributed by atoms with E-state index >= 15 is 0 Å². The van der Waals surface area contributed by atoms with E-state index in [0.29, 0.717) is 15.7 Å². The molecule has 0 aliphatic heterocycles. The van der Waals surface area contributed by atoms with Gasteiger partial charge in [-0.3, -0.25) is 4.79 Å². The monoisotopic (exact) mass is 404 g/mol. The van der Waals surface area contributed by atoms with Crippen LogP contribution in [0.15, 0.2) is 18.2 Å². The maximum absolute atomic E-state index is 12.3. The average molecular weight is 405 g/mol. The van der Waals surface area contributed by atoms with Crippen LogP contribution >= 0.6 is 35.0 Å². The van der Waals surface area contributed by atoms with Gasteiger partial charge in [-0.05, 0) is 51.1 Å². The van der Waals surface area contributed by atoms with Gasteiger partial charge in [-0.15, -0.1) is 11.8 Å². The van der Waals surface area contributed by atoms with Gasteiger partial charge in [0.25, 0.3) is 0 Å². The minimum absolute atomic E-state index is 0.00273. The Labute approximate surface area is 166 Å². The minimum Gasteiger partial charge on any atom is -0.325 e. The van der Waals surface area contributed by atoms with Crippen molar-refractivity contribution in [3.8, 4) is 0 Å². The van der Waals surface area contributed by atoms with E-state index in [9.17, 15) is 4.79 Å². The minimum atomic E-state index is -0.103. The topological polar surface area (TPSA) is 32.3 Å². The molecule has 0 radical (unpaired) electrons. The maximum atomic E-state index is 12.3. The van der Waals surface area contributed by atoms with E-state index in [4.69, 9.17) is 23.2 Å². The molecule has 142 valence electrons. The van der Waals surface area contributed by atoms with Crippen LogP contribution in [-0.4, -0.2) is 41.4 Å². The number of nitrogens with zero attached hydrogens (tertiary/aromatic N) is 1. The van der Waals surface area contributed by atoms with Crippen molar-refractivity contribution in [3.05, 3.63) is 28.2 Å². The molecule has 0 fully saturated rings. The molecular weight excluding hydrogens is 375 g/mol. The van der Waals surface area contributed by atoms with Gasteiger partial charge in [0, 0.05) is 18.0 Å². The molecular formula is C19H30Cl2N2OS. The lowest BCUT2D eigenvalue weighted by atomic mass is 10.2. The number of amides is 1. The molecule has 0 spiro atoms. The van der Waals surface area contributed by atoms with Crippen LogP contribution in [-0.2, 0) is 4.79 Å². The molecule has 25 heavy (non-hydrogen) atoms. The van der Waals surface area contributed by atoms with Crippen molar-refractivity contribution in [1.82, 2.24) is 4.90 Å². The molecule has 0 bridgehead atoms. The van der Waals surface area contributed by atoms with Crippen LogP contribution in [0.3, 0.4) is 0 Å². The highest BCUT2D eigenvalue weighted by Gasteiger charge is 2.15. The van der Waals surface area contributed by atoms with Crippen molar-refractivity contribution >= 4 is 46.6 Å². The number of anilines is 1. The van der Waals surface area contributed by atoms with Gasteiger partial charge in [0.1, 0.15) is 0 Å². The van der Waals surface area contributed by atoms with Crippen LogP contribution in [0.5, 0.6) is 0 Å². The van der Waals surface area contributed by atoms with Gasteiger partial charge in [-0.25, -0.2) is 0 Å². The fourth-order valence-corrected chi connectivity index (χ4v) is 3.58. The fourth-order valence-electron chi connectivity index (χ4n) is 2.35. The first-order valence-electron chi connectivity index (χ1n) is 9.07. The number of carbonyl (C=O) groups is 1. The highest BCUT2D eigenvalue weighted by Crippen LogP contribution is 2.25. The van der Waals surface area contributed by atoms with Gasteiger partial charge in [0.05, 0.1) is 15.3 Å². The number of hydrogen-bond acceptors (Lipinski definition) is 3. The second-order valence-corrected chi connectivity index (χ2v) is 8.44. The summed E-state index contributed by atoms with van der Waals surface area (Å²) in [7, 11) is 0. The van der Waals surface area contributed by atoms with Crippen LogP contribution in [0, 0.1) is 0 Å². The molecule has 1 aromatic rings. The molecule has 1 unspecified atom stereocenters. The average Bonchev–Trinajstić information content (AvgIpc) is 2.59. The molecule has 1 rings (SSSR count). The second-order valence-electron chi connectivity index (χ2n) is 6.18. The van der Waals surface area contributed by atoms with E-state index < -0.39 is 0 Å². The first-order chi connectivity index (χ1) is 12.0. The summed E-state index contributed by atoms with van der Waals surface area (Å²) in [5.41, 5.74) is 0.680. The predicted molar refractivity (Wildman–Crippen MR) is 113 cm³/mol. The summed E-state index contributed by atoms with van der Waals surface area (Å²) in [6.07, 6.45) is 4.92. The number of hydrogen-bond donors (Lipinski definition) is 1. The normalized spacial score (nSPS) is 12.4. The molecule has 1 amide bonds. The highest BCUT2D eigenvalue weighted by atomic mass is 35.5. The van der Waals surface area contributed by atoms with E-state index in [1.165, 1.54) is 25.7 Å². The van der Waals surface area contributed by atoms with E-state index in [0.717, 1.165) is 25.4 Å². The third-order valence-corrected chi connectivity index (χ3v) is 5.86. The van der Waals surface area contributed by atoms with Crippen LogP contribution in [0.25, 0.3) is 0 Å². The quantitative estimate of drug-likeness (QED) is 0.466. The van der Waals surface area contributed by atoms with Crippen molar-refractivity contribution in [2.24, 2.45) is 0 Å². The van der Waals surface area contributed by atoms with E-state index in [1.807, 2.05) is 6.92 Å². The molecule has 0 aliphatic rings. The Kier molecular flexibility index (Phi) is 11.6. The summed E-state index contributed by atoms with van der Waals surface area (Å²) < 4.78 is 0. The lowest BCUT2D eigenvalue weighted by Crippen LogP contribution is -2.30. The maximum Gasteiger partial charge on any atom is 0.237 e. The molecule has 0 aromatic heterocycles. The van der Waals surface area contributed by atoms with Gasteiger partial charge in [-0.2, -0.15) is 0 Å². The Bertz CT molecular complexity index is 520. The first-order valence-corrected chi connectivity index (χ1v) is 10.9. The highest BCUT2D eigenvalue weighted by molar-refractivity contribution is 8.00. The Hall–Kier alpha value is -0.420. The summed E-state index contributed by atoms with van der Waals surface area (Å²) >= 11 is 13.6. The Morgan fingerprint density at radius 1 is 1.12 bits per heavy atom. The zero-order chi connectivity index (χ0) is 18.7. The molecule has 1 atom stereocenters. The summed E-state index contributed by atoms with van der Waals surface area (Å²) in [6, 6.07) is 5.13. The molecule has 1 N–H and O–H groups in total. The second kappa shape index (κ2) is 12.9.